The number of carboxylic acids is 1. The van der Waals surface area contributed by atoms with Crippen molar-refractivity contribution in [3.63, 3.8) is 0 Å². The number of hydrogen-bond donors (Lipinski definition) is 2. The van der Waals surface area contributed by atoms with Crippen molar-refractivity contribution in [2.45, 2.75) is 0 Å². The van der Waals surface area contributed by atoms with E-state index < -0.39 is 17.5 Å². The summed E-state index contributed by atoms with van der Waals surface area (Å²) in [7, 11) is 0. The molecule has 0 bridgehead atoms. The zero-order valence-corrected chi connectivity index (χ0v) is 13.4. The minimum absolute atomic E-state index is 0.181. The van der Waals surface area contributed by atoms with Gasteiger partial charge in [0, 0.05) is 5.39 Å². The molecular formula is C18H13N3O5. The lowest BCUT2D eigenvalue weighted by atomic mass is 10.2. The van der Waals surface area contributed by atoms with Crippen molar-refractivity contribution in [1.29, 1.82) is 0 Å². The predicted molar refractivity (Wildman–Crippen MR) is 92.5 cm³/mol. The summed E-state index contributed by atoms with van der Waals surface area (Å²) in [6.45, 7) is 3.12. The molecule has 0 fully saturated rings. The molecule has 1 aromatic heterocycles. The van der Waals surface area contributed by atoms with E-state index in [-0.39, 0.29) is 5.82 Å². The maximum atomic E-state index is 11.6. The van der Waals surface area contributed by atoms with Crippen molar-refractivity contribution in [3.8, 4) is 11.5 Å². The fourth-order valence-corrected chi connectivity index (χ4v) is 2.05. The van der Waals surface area contributed by atoms with Crippen molar-refractivity contribution < 1.29 is 24.3 Å². The van der Waals surface area contributed by atoms with E-state index in [1.54, 1.807) is 18.2 Å². The number of hydrogen-bond acceptors (Lipinski definition) is 7. The summed E-state index contributed by atoms with van der Waals surface area (Å²) in [5.74, 6) is -1.23. The molecule has 0 radical (unpaired) electrons. The first-order chi connectivity index (χ1) is 12.5. The number of fused-ring (bicyclic) bond motifs is 1. The monoisotopic (exact) mass is 351 g/mol. The second-order valence-corrected chi connectivity index (χ2v) is 5.09. The molecule has 0 aliphatic rings. The van der Waals surface area contributed by atoms with Gasteiger partial charge in [0.05, 0.1) is 5.52 Å². The highest BCUT2D eigenvalue weighted by molar-refractivity contribution is 6.12. The SMILES string of the molecule is C=C(C(=O)O)C(=O)ONc1ncnc2ccc(Oc3ccccc3)cc12. The van der Waals surface area contributed by atoms with E-state index in [1.807, 2.05) is 30.3 Å². The van der Waals surface area contributed by atoms with E-state index in [4.69, 9.17) is 14.7 Å². The number of nitrogens with zero attached hydrogens (tertiary/aromatic N) is 2. The lowest BCUT2D eigenvalue weighted by Crippen LogP contribution is -2.18. The minimum Gasteiger partial charge on any atom is -0.477 e. The summed E-state index contributed by atoms with van der Waals surface area (Å²) in [6.07, 6.45) is 1.28. The fraction of sp³-hybridized carbons (Fsp3) is 0. The quantitative estimate of drug-likeness (QED) is 0.302. The minimum atomic E-state index is -1.47. The van der Waals surface area contributed by atoms with Gasteiger partial charge in [0.2, 0.25) is 0 Å². The molecule has 0 saturated heterocycles. The van der Waals surface area contributed by atoms with Crippen LogP contribution in [-0.4, -0.2) is 27.0 Å². The Balaban J connectivity index is 1.84. The number of nitrogens with one attached hydrogen (secondary N) is 1. The molecule has 0 atom stereocenters. The van der Waals surface area contributed by atoms with Crippen LogP contribution >= 0.6 is 0 Å². The summed E-state index contributed by atoms with van der Waals surface area (Å²) in [5.41, 5.74) is 2.21. The Labute approximate surface area is 147 Å². The van der Waals surface area contributed by atoms with Crippen LogP contribution in [0.3, 0.4) is 0 Å². The van der Waals surface area contributed by atoms with E-state index in [1.165, 1.54) is 6.33 Å². The van der Waals surface area contributed by atoms with E-state index in [2.05, 4.69) is 22.0 Å². The molecule has 0 aliphatic carbocycles. The van der Waals surface area contributed by atoms with E-state index >= 15 is 0 Å². The van der Waals surface area contributed by atoms with Crippen LogP contribution in [0.5, 0.6) is 11.5 Å². The zero-order valence-electron chi connectivity index (χ0n) is 13.4. The largest absolute Gasteiger partial charge is 0.477 e. The smallest absolute Gasteiger partial charge is 0.369 e. The molecule has 3 aromatic rings. The maximum absolute atomic E-state index is 11.6. The molecule has 0 saturated carbocycles. The Kier molecular flexibility index (Phi) is 4.75. The number of aliphatic carboxylic acids is 1. The third kappa shape index (κ3) is 3.75. The zero-order chi connectivity index (χ0) is 18.5. The average molecular weight is 351 g/mol. The number of carboxylic acid groups (broad SMARTS) is 1. The van der Waals surface area contributed by atoms with Crippen LogP contribution in [0.1, 0.15) is 0 Å². The van der Waals surface area contributed by atoms with Gasteiger partial charge in [0.25, 0.3) is 0 Å². The standard InChI is InChI=1S/C18H13N3O5/c1-11(17(22)23)18(24)26-21-16-14-9-13(7-8-15(14)19-10-20-16)25-12-5-3-2-4-6-12/h2-10H,1H2,(H,22,23)(H,19,20,21). The van der Waals surface area contributed by atoms with E-state index in [0.717, 1.165) is 0 Å². The van der Waals surface area contributed by atoms with Gasteiger partial charge in [-0.25, -0.2) is 19.6 Å². The van der Waals surface area contributed by atoms with Crippen LogP contribution in [0.2, 0.25) is 0 Å². The second-order valence-electron chi connectivity index (χ2n) is 5.09. The number of carbonyl (C=O) groups is 2. The van der Waals surface area contributed by atoms with Crippen LogP contribution in [0.25, 0.3) is 10.9 Å². The van der Waals surface area contributed by atoms with Crippen molar-refractivity contribution >= 4 is 28.7 Å². The number of anilines is 1. The molecule has 3 rings (SSSR count). The summed E-state index contributed by atoms with van der Waals surface area (Å²) in [5, 5.41) is 9.25. The lowest BCUT2D eigenvalue weighted by molar-refractivity contribution is -0.142. The van der Waals surface area contributed by atoms with Gasteiger partial charge in [0.15, 0.2) is 5.82 Å². The van der Waals surface area contributed by atoms with Gasteiger partial charge < -0.3 is 14.7 Å². The molecule has 1 heterocycles. The number of benzene rings is 2. The van der Waals surface area contributed by atoms with Crippen molar-refractivity contribution in [1.82, 2.24) is 9.97 Å². The van der Waals surface area contributed by atoms with Crippen LogP contribution in [0, 0.1) is 0 Å². The van der Waals surface area contributed by atoms with Gasteiger partial charge >= 0.3 is 11.9 Å². The summed E-state index contributed by atoms with van der Waals surface area (Å²) >= 11 is 0. The summed E-state index contributed by atoms with van der Waals surface area (Å²) in [6, 6.07) is 14.3. The molecule has 0 aliphatic heterocycles. The number of rotatable bonds is 6. The first-order valence-electron chi connectivity index (χ1n) is 7.41. The third-order valence-electron chi connectivity index (χ3n) is 3.33. The molecule has 8 nitrogen and oxygen atoms in total. The van der Waals surface area contributed by atoms with Crippen LogP contribution in [-0.2, 0) is 14.4 Å². The Morgan fingerprint density at radius 1 is 1.04 bits per heavy atom. The molecule has 0 amide bonds. The average Bonchev–Trinajstić information content (AvgIpc) is 2.66. The van der Waals surface area contributed by atoms with Gasteiger partial charge in [-0.2, -0.15) is 5.48 Å². The summed E-state index contributed by atoms with van der Waals surface area (Å²) in [4.78, 5) is 35.1. The number of carbonyl (C=O) groups excluding carboxylic acids is 1. The van der Waals surface area contributed by atoms with Crippen molar-refractivity contribution in [2.75, 3.05) is 5.48 Å². The fourth-order valence-electron chi connectivity index (χ4n) is 2.05. The molecule has 2 N–H and O–H groups in total. The first kappa shape index (κ1) is 16.9. The molecular weight excluding hydrogens is 338 g/mol. The highest BCUT2D eigenvalue weighted by atomic mass is 16.7. The molecule has 0 unspecified atom stereocenters. The predicted octanol–water partition coefficient (Wildman–Crippen LogP) is 2.93. The van der Waals surface area contributed by atoms with Crippen LogP contribution in [0.4, 0.5) is 5.82 Å². The molecule has 26 heavy (non-hydrogen) atoms. The number of para-hydroxylation sites is 1. The maximum Gasteiger partial charge on any atom is 0.369 e. The van der Waals surface area contributed by atoms with Gasteiger partial charge in [-0.15, -0.1) is 0 Å². The Morgan fingerprint density at radius 2 is 1.81 bits per heavy atom. The molecule has 8 heteroatoms. The highest BCUT2D eigenvalue weighted by Gasteiger charge is 2.17. The van der Waals surface area contributed by atoms with Gasteiger partial charge in [-0.1, -0.05) is 24.8 Å². The molecule has 130 valence electrons. The topological polar surface area (TPSA) is 111 Å². The van der Waals surface area contributed by atoms with E-state index in [9.17, 15) is 9.59 Å². The van der Waals surface area contributed by atoms with Gasteiger partial charge in [0.1, 0.15) is 23.4 Å². The van der Waals surface area contributed by atoms with Crippen molar-refractivity contribution in [3.05, 3.63) is 67.0 Å². The second kappa shape index (κ2) is 7.31. The van der Waals surface area contributed by atoms with Crippen molar-refractivity contribution in [2.24, 2.45) is 0 Å². The highest BCUT2D eigenvalue weighted by Crippen LogP contribution is 2.27. The summed E-state index contributed by atoms with van der Waals surface area (Å²) < 4.78 is 5.75. The molecule has 0 spiro atoms. The first-order valence-corrected chi connectivity index (χ1v) is 7.41. The normalized spacial score (nSPS) is 10.2. The Morgan fingerprint density at radius 3 is 2.54 bits per heavy atom. The Hall–Kier alpha value is -3.94. The van der Waals surface area contributed by atoms with Crippen LogP contribution < -0.4 is 10.2 Å². The lowest BCUT2D eigenvalue weighted by Gasteiger charge is -2.10. The van der Waals surface area contributed by atoms with Crippen LogP contribution in [0.15, 0.2) is 67.0 Å². The van der Waals surface area contributed by atoms with Gasteiger partial charge in [-0.05, 0) is 30.3 Å². The number of aromatic nitrogens is 2. The number of ether oxygens (including phenoxy) is 1. The third-order valence-corrected chi connectivity index (χ3v) is 3.33. The van der Waals surface area contributed by atoms with Gasteiger partial charge in [-0.3, -0.25) is 0 Å². The van der Waals surface area contributed by atoms with E-state index in [0.29, 0.717) is 22.4 Å². The molecule has 2 aromatic carbocycles. The Bertz CT molecular complexity index is 989.